The molecule has 0 fully saturated rings. The van der Waals surface area contributed by atoms with Crippen molar-refractivity contribution < 1.29 is 19.1 Å². The number of carboxylic acids is 1. The monoisotopic (exact) mass is 361 g/mol. The molecule has 0 radical (unpaired) electrons. The number of aromatic nitrogens is 2. The summed E-state index contributed by atoms with van der Waals surface area (Å²) in [5, 5.41) is 15.5. The number of alkyl halides is 1. The minimum absolute atomic E-state index is 0.0850. The minimum atomic E-state index is -1.49. The number of benzene rings is 1. The summed E-state index contributed by atoms with van der Waals surface area (Å²) in [5.41, 5.74) is 5.10. The van der Waals surface area contributed by atoms with Crippen molar-refractivity contribution in [2.75, 3.05) is 6.67 Å². The third kappa shape index (κ3) is 4.91. The summed E-state index contributed by atoms with van der Waals surface area (Å²) >= 11 is 0. The second-order valence-electron chi connectivity index (χ2n) is 6.41. The maximum Gasteiger partial charge on any atom is 0.328 e. The van der Waals surface area contributed by atoms with Crippen molar-refractivity contribution in [2.45, 2.75) is 46.2 Å². The Morgan fingerprint density at radius 2 is 1.88 bits per heavy atom. The van der Waals surface area contributed by atoms with E-state index in [2.05, 4.69) is 34.7 Å². The molecule has 7 heteroatoms. The van der Waals surface area contributed by atoms with Crippen LogP contribution in [-0.2, 0) is 22.6 Å². The van der Waals surface area contributed by atoms with E-state index >= 15 is 0 Å². The van der Waals surface area contributed by atoms with Crippen LogP contribution in [0, 0.1) is 20.8 Å². The maximum atomic E-state index is 12.6. The van der Waals surface area contributed by atoms with Crippen LogP contribution >= 0.6 is 0 Å². The molecule has 0 aliphatic heterocycles. The minimum Gasteiger partial charge on any atom is -0.480 e. The molecule has 2 aromatic rings. The van der Waals surface area contributed by atoms with Crippen LogP contribution in [0.5, 0.6) is 0 Å². The summed E-state index contributed by atoms with van der Waals surface area (Å²) in [6, 6.07) is 6.73. The summed E-state index contributed by atoms with van der Waals surface area (Å²) in [5.74, 6) is -1.86. The molecule has 0 aliphatic carbocycles. The van der Waals surface area contributed by atoms with Crippen LogP contribution in [0.1, 0.15) is 34.5 Å². The lowest BCUT2D eigenvalue weighted by atomic mass is 10.1. The SMILES string of the molecule is Cc1ccc(Cn2nc(C)c(CCC(=O)NC(CF)C(=O)O)c2C)cc1. The van der Waals surface area contributed by atoms with Gasteiger partial charge in [-0.05, 0) is 38.3 Å². The fourth-order valence-corrected chi connectivity index (χ4v) is 2.79. The molecule has 2 N–H and O–H groups in total. The zero-order chi connectivity index (χ0) is 19.3. The van der Waals surface area contributed by atoms with E-state index in [4.69, 9.17) is 5.11 Å². The van der Waals surface area contributed by atoms with Gasteiger partial charge in [0.25, 0.3) is 0 Å². The van der Waals surface area contributed by atoms with Crippen molar-refractivity contribution in [3.63, 3.8) is 0 Å². The average Bonchev–Trinajstić information content (AvgIpc) is 2.86. The van der Waals surface area contributed by atoms with Crippen molar-refractivity contribution in [1.29, 1.82) is 0 Å². The molecule has 0 spiro atoms. The van der Waals surface area contributed by atoms with Crippen LogP contribution in [-0.4, -0.2) is 39.5 Å². The Balaban J connectivity index is 2.02. The van der Waals surface area contributed by atoms with E-state index in [1.165, 1.54) is 5.56 Å². The van der Waals surface area contributed by atoms with Gasteiger partial charge < -0.3 is 10.4 Å². The highest BCUT2D eigenvalue weighted by molar-refractivity contribution is 5.83. The van der Waals surface area contributed by atoms with Crippen molar-refractivity contribution in [3.8, 4) is 0 Å². The van der Waals surface area contributed by atoms with Crippen molar-refractivity contribution >= 4 is 11.9 Å². The summed E-state index contributed by atoms with van der Waals surface area (Å²) in [7, 11) is 0. The summed E-state index contributed by atoms with van der Waals surface area (Å²) in [4.78, 5) is 22.7. The van der Waals surface area contributed by atoms with Gasteiger partial charge >= 0.3 is 5.97 Å². The fourth-order valence-electron chi connectivity index (χ4n) is 2.79. The third-order valence-electron chi connectivity index (χ3n) is 4.37. The van der Waals surface area contributed by atoms with Crippen molar-refractivity contribution in [3.05, 3.63) is 52.3 Å². The molecule has 1 amide bonds. The highest BCUT2D eigenvalue weighted by atomic mass is 19.1. The van der Waals surface area contributed by atoms with Gasteiger partial charge in [0, 0.05) is 12.1 Å². The topological polar surface area (TPSA) is 84.2 Å². The number of nitrogens with zero attached hydrogens (tertiary/aromatic N) is 2. The molecule has 0 saturated heterocycles. The lowest BCUT2D eigenvalue weighted by Gasteiger charge is -2.11. The Morgan fingerprint density at radius 3 is 2.46 bits per heavy atom. The van der Waals surface area contributed by atoms with E-state index in [1.54, 1.807) is 0 Å². The third-order valence-corrected chi connectivity index (χ3v) is 4.37. The number of rotatable bonds is 8. The second kappa shape index (κ2) is 8.60. The van der Waals surface area contributed by atoms with Gasteiger partial charge in [-0.25, -0.2) is 9.18 Å². The largest absolute Gasteiger partial charge is 0.480 e. The molecule has 0 saturated carbocycles. The van der Waals surface area contributed by atoms with E-state index in [0.29, 0.717) is 13.0 Å². The number of aliphatic carboxylic acids is 1. The lowest BCUT2D eigenvalue weighted by Crippen LogP contribution is -2.42. The van der Waals surface area contributed by atoms with E-state index in [-0.39, 0.29) is 6.42 Å². The van der Waals surface area contributed by atoms with E-state index in [9.17, 15) is 14.0 Å². The van der Waals surface area contributed by atoms with E-state index < -0.39 is 24.6 Å². The summed E-state index contributed by atoms with van der Waals surface area (Å²) in [6.45, 7) is 5.38. The molecule has 2 rings (SSSR count). The molecule has 1 aromatic heterocycles. The number of halogens is 1. The number of hydrogen-bond acceptors (Lipinski definition) is 3. The Labute approximate surface area is 152 Å². The van der Waals surface area contributed by atoms with Crippen LogP contribution in [0.25, 0.3) is 0 Å². The molecular formula is C19H24FN3O3. The van der Waals surface area contributed by atoms with Crippen molar-refractivity contribution in [2.24, 2.45) is 0 Å². The number of aryl methyl sites for hydroxylation is 2. The highest BCUT2D eigenvalue weighted by Gasteiger charge is 2.20. The van der Waals surface area contributed by atoms with Crippen LogP contribution < -0.4 is 5.32 Å². The molecule has 26 heavy (non-hydrogen) atoms. The van der Waals surface area contributed by atoms with Crippen molar-refractivity contribution in [1.82, 2.24) is 15.1 Å². The first-order chi connectivity index (χ1) is 12.3. The maximum absolute atomic E-state index is 12.6. The van der Waals surface area contributed by atoms with Gasteiger partial charge in [-0.3, -0.25) is 9.48 Å². The van der Waals surface area contributed by atoms with Gasteiger partial charge in [0.15, 0.2) is 6.04 Å². The first kappa shape index (κ1) is 19.6. The molecule has 1 atom stereocenters. The Bertz CT molecular complexity index is 784. The lowest BCUT2D eigenvalue weighted by molar-refractivity contribution is -0.142. The zero-order valence-corrected chi connectivity index (χ0v) is 15.3. The van der Waals surface area contributed by atoms with Gasteiger partial charge in [0.2, 0.25) is 5.91 Å². The predicted molar refractivity (Wildman–Crippen MR) is 95.8 cm³/mol. The first-order valence-corrected chi connectivity index (χ1v) is 8.48. The number of carbonyl (C=O) groups is 2. The average molecular weight is 361 g/mol. The van der Waals surface area contributed by atoms with E-state index in [0.717, 1.165) is 22.5 Å². The van der Waals surface area contributed by atoms with Gasteiger partial charge in [-0.1, -0.05) is 29.8 Å². The molecule has 140 valence electrons. The number of amides is 1. The summed E-state index contributed by atoms with van der Waals surface area (Å²) in [6.07, 6.45) is 0.512. The standard InChI is InChI=1S/C19H24FN3O3/c1-12-4-6-15(7-5-12)11-23-14(3)16(13(2)22-23)8-9-18(24)21-17(10-20)19(25)26/h4-7,17H,8-11H2,1-3H3,(H,21,24)(H,25,26). The normalized spacial score (nSPS) is 12.0. The quantitative estimate of drug-likeness (QED) is 0.756. The molecule has 1 unspecified atom stereocenters. The summed E-state index contributed by atoms with van der Waals surface area (Å²) < 4.78 is 14.5. The Hall–Kier alpha value is -2.70. The predicted octanol–water partition coefficient (Wildman–Crippen LogP) is 2.33. The molecule has 6 nitrogen and oxygen atoms in total. The second-order valence-corrected chi connectivity index (χ2v) is 6.41. The number of carbonyl (C=O) groups excluding carboxylic acids is 1. The molecular weight excluding hydrogens is 337 g/mol. The first-order valence-electron chi connectivity index (χ1n) is 8.48. The van der Waals surface area contributed by atoms with Crippen LogP contribution in [0.3, 0.4) is 0 Å². The number of nitrogens with one attached hydrogen (secondary N) is 1. The van der Waals surface area contributed by atoms with Crippen LogP contribution in [0.4, 0.5) is 4.39 Å². The van der Waals surface area contributed by atoms with Gasteiger partial charge in [0.1, 0.15) is 6.67 Å². The molecule has 1 aromatic carbocycles. The van der Waals surface area contributed by atoms with Gasteiger partial charge in [-0.15, -0.1) is 0 Å². The van der Waals surface area contributed by atoms with Gasteiger partial charge in [-0.2, -0.15) is 5.10 Å². The highest BCUT2D eigenvalue weighted by Crippen LogP contribution is 2.17. The molecule has 0 aliphatic rings. The number of carboxylic acid groups (broad SMARTS) is 1. The van der Waals surface area contributed by atoms with Gasteiger partial charge in [0.05, 0.1) is 12.2 Å². The number of hydrogen-bond donors (Lipinski definition) is 2. The Kier molecular flexibility index (Phi) is 6.49. The zero-order valence-electron chi connectivity index (χ0n) is 15.3. The van der Waals surface area contributed by atoms with Crippen LogP contribution in [0.15, 0.2) is 24.3 Å². The smallest absolute Gasteiger partial charge is 0.328 e. The van der Waals surface area contributed by atoms with E-state index in [1.807, 2.05) is 25.5 Å². The van der Waals surface area contributed by atoms with Crippen LogP contribution in [0.2, 0.25) is 0 Å². The fraction of sp³-hybridized carbons (Fsp3) is 0.421. The molecule has 0 bridgehead atoms. The Morgan fingerprint density at radius 1 is 1.23 bits per heavy atom. The molecule has 1 heterocycles.